The lowest BCUT2D eigenvalue weighted by molar-refractivity contribution is -0.121. The second-order valence-corrected chi connectivity index (χ2v) is 7.74. The first kappa shape index (κ1) is 22.0. The van der Waals surface area contributed by atoms with Crippen molar-refractivity contribution in [2.24, 2.45) is 0 Å². The van der Waals surface area contributed by atoms with E-state index in [0.29, 0.717) is 18.5 Å². The second-order valence-electron chi connectivity index (χ2n) is 7.74. The van der Waals surface area contributed by atoms with Crippen molar-refractivity contribution in [3.63, 3.8) is 0 Å². The number of hydrogen-bond acceptors (Lipinski definition) is 3. The standard InChI is InChI=1S/C27H26N4O2/c32-26(28-17-16-21-19-29-31(20-21)24-14-8-3-9-15-24)18-25(22-10-4-1-5-11-22)30-27(33)23-12-6-2-7-13-23/h1-15,19-20,25H,16-18H2,(H,28,32)(H,30,33). The summed E-state index contributed by atoms with van der Waals surface area (Å²) in [6, 6.07) is 28.0. The molecular formula is C27H26N4O2. The molecule has 33 heavy (non-hydrogen) atoms. The maximum atomic E-state index is 12.7. The molecule has 0 saturated heterocycles. The molecule has 4 rings (SSSR count). The molecule has 4 aromatic rings. The van der Waals surface area contributed by atoms with E-state index in [9.17, 15) is 9.59 Å². The number of para-hydroxylation sites is 1. The van der Waals surface area contributed by atoms with Gasteiger partial charge in [0.1, 0.15) is 0 Å². The number of nitrogens with zero attached hydrogens (tertiary/aromatic N) is 2. The maximum absolute atomic E-state index is 12.7. The van der Waals surface area contributed by atoms with Gasteiger partial charge in [0.25, 0.3) is 5.91 Å². The highest BCUT2D eigenvalue weighted by Gasteiger charge is 2.19. The normalized spacial score (nSPS) is 11.5. The Morgan fingerprint density at radius 3 is 2.18 bits per heavy atom. The van der Waals surface area contributed by atoms with Gasteiger partial charge in [0.2, 0.25) is 5.91 Å². The smallest absolute Gasteiger partial charge is 0.251 e. The fraction of sp³-hybridized carbons (Fsp3) is 0.148. The average Bonchev–Trinajstić information content (AvgIpc) is 3.34. The van der Waals surface area contributed by atoms with Gasteiger partial charge in [0.15, 0.2) is 0 Å². The van der Waals surface area contributed by atoms with Gasteiger partial charge in [0, 0.05) is 18.3 Å². The van der Waals surface area contributed by atoms with Crippen LogP contribution >= 0.6 is 0 Å². The summed E-state index contributed by atoms with van der Waals surface area (Å²) >= 11 is 0. The van der Waals surface area contributed by atoms with Crippen LogP contribution in [0.5, 0.6) is 0 Å². The lowest BCUT2D eigenvalue weighted by Gasteiger charge is -2.19. The van der Waals surface area contributed by atoms with Crippen molar-refractivity contribution in [2.75, 3.05) is 6.54 Å². The zero-order chi connectivity index (χ0) is 22.9. The summed E-state index contributed by atoms with van der Waals surface area (Å²) in [7, 11) is 0. The minimum Gasteiger partial charge on any atom is -0.356 e. The summed E-state index contributed by atoms with van der Waals surface area (Å²) in [4.78, 5) is 25.4. The number of benzene rings is 3. The quantitative estimate of drug-likeness (QED) is 0.413. The number of aromatic nitrogens is 2. The van der Waals surface area contributed by atoms with E-state index in [1.165, 1.54) is 0 Å². The molecule has 0 fully saturated rings. The second kappa shape index (κ2) is 10.9. The molecule has 0 radical (unpaired) electrons. The van der Waals surface area contributed by atoms with Crippen LogP contribution in [0, 0.1) is 0 Å². The van der Waals surface area contributed by atoms with Gasteiger partial charge in [0.05, 0.1) is 24.3 Å². The van der Waals surface area contributed by atoms with Crippen LogP contribution in [0.15, 0.2) is 103 Å². The van der Waals surface area contributed by atoms with Crippen LogP contribution in [0.25, 0.3) is 5.69 Å². The largest absolute Gasteiger partial charge is 0.356 e. The monoisotopic (exact) mass is 438 g/mol. The Bertz CT molecular complexity index is 1170. The zero-order valence-corrected chi connectivity index (χ0v) is 18.2. The van der Waals surface area contributed by atoms with Crippen LogP contribution in [0.4, 0.5) is 0 Å². The fourth-order valence-corrected chi connectivity index (χ4v) is 3.58. The molecule has 0 bridgehead atoms. The van der Waals surface area contributed by atoms with Crippen LogP contribution < -0.4 is 10.6 Å². The zero-order valence-electron chi connectivity index (χ0n) is 18.2. The highest BCUT2D eigenvalue weighted by molar-refractivity contribution is 5.94. The fourth-order valence-electron chi connectivity index (χ4n) is 3.58. The number of hydrogen-bond donors (Lipinski definition) is 2. The first-order valence-corrected chi connectivity index (χ1v) is 11.0. The third kappa shape index (κ3) is 6.17. The summed E-state index contributed by atoms with van der Waals surface area (Å²) < 4.78 is 1.82. The van der Waals surface area contributed by atoms with Crippen LogP contribution in [0.2, 0.25) is 0 Å². The lowest BCUT2D eigenvalue weighted by Crippen LogP contribution is -2.34. The summed E-state index contributed by atoms with van der Waals surface area (Å²) in [6.07, 6.45) is 4.61. The highest BCUT2D eigenvalue weighted by atomic mass is 16.2. The molecule has 1 unspecified atom stereocenters. The minimum atomic E-state index is -0.417. The molecule has 1 aromatic heterocycles. The van der Waals surface area contributed by atoms with Gasteiger partial charge in [-0.1, -0.05) is 66.7 Å². The Kier molecular flexibility index (Phi) is 7.28. The van der Waals surface area contributed by atoms with E-state index in [1.807, 2.05) is 95.9 Å². The van der Waals surface area contributed by atoms with Crippen molar-refractivity contribution >= 4 is 11.8 Å². The molecule has 0 saturated carbocycles. The molecule has 0 aliphatic heterocycles. The van der Waals surface area contributed by atoms with Crippen LogP contribution in [0.3, 0.4) is 0 Å². The number of carbonyl (C=O) groups is 2. The third-order valence-electron chi connectivity index (χ3n) is 5.33. The highest BCUT2D eigenvalue weighted by Crippen LogP contribution is 2.17. The summed E-state index contributed by atoms with van der Waals surface area (Å²) in [5.74, 6) is -0.321. The molecule has 1 heterocycles. The van der Waals surface area contributed by atoms with E-state index in [0.717, 1.165) is 16.8 Å². The van der Waals surface area contributed by atoms with Gasteiger partial charge in [-0.2, -0.15) is 5.10 Å². The molecule has 6 heteroatoms. The molecule has 2 N–H and O–H groups in total. The van der Waals surface area contributed by atoms with Crippen molar-refractivity contribution in [3.05, 3.63) is 120 Å². The molecule has 6 nitrogen and oxygen atoms in total. The van der Waals surface area contributed by atoms with E-state index in [2.05, 4.69) is 15.7 Å². The van der Waals surface area contributed by atoms with Gasteiger partial charge in [-0.3, -0.25) is 9.59 Å². The van der Waals surface area contributed by atoms with E-state index in [4.69, 9.17) is 0 Å². The Labute approximate surface area is 193 Å². The Morgan fingerprint density at radius 1 is 0.848 bits per heavy atom. The molecule has 166 valence electrons. The predicted octanol–water partition coefficient (Wildman–Crippen LogP) is 4.09. The van der Waals surface area contributed by atoms with Crippen molar-refractivity contribution in [2.45, 2.75) is 18.9 Å². The van der Waals surface area contributed by atoms with E-state index >= 15 is 0 Å². The molecular weight excluding hydrogens is 412 g/mol. The Morgan fingerprint density at radius 2 is 1.48 bits per heavy atom. The number of nitrogens with one attached hydrogen (secondary N) is 2. The minimum absolute atomic E-state index is 0.118. The Balaban J connectivity index is 1.33. The van der Waals surface area contributed by atoms with Crippen LogP contribution in [-0.4, -0.2) is 28.1 Å². The molecule has 3 aromatic carbocycles. The van der Waals surface area contributed by atoms with Crippen molar-refractivity contribution in [1.82, 2.24) is 20.4 Å². The average molecular weight is 439 g/mol. The molecule has 2 amide bonds. The SMILES string of the molecule is O=C(CC(NC(=O)c1ccccc1)c1ccccc1)NCCc1cnn(-c2ccccc2)c1. The van der Waals surface area contributed by atoms with Gasteiger partial charge >= 0.3 is 0 Å². The van der Waals surface area contributed by atoms with Crippen molar-refractivity contribution < 1.29 is 9.59 Å². The molecule has 1 atom stereocenters. The summed E-state index contributed by atoms with van der Waals surface area (Å²) in [5.41, 5.74) is 3.49. The third-order valence-corrected chi connectivity index (χ3v) is 5.33. The molecule has 0 aliphatic carbocycles. The van der Waals surface area contributed by atoms with Crippen molar-refractivity contribution in [1.29, 1.82) is 0 Å². The number of rotatable bonds is 9. The molecule has 0 spiro atoms. The van der Waals surface area contributed by atoms with Gasteiger partial charge < -0.3 is 10.6 Å². The maximum Gasteiger partial charge on any atom is 0.251 e. The van der Waals surface area contributed by atoms with Crippen LogP contribution in [0.1, 0.15) is 33.9 Å². The summed E-state index contributed by atoms with van der Waals surface area (Å²) in [6.45, 7) is 0.494. The van der Waals surface area contributed by atoms with E-state index in [1.54, 1.807) is 12.1 Å². The number of amides is 2. The van der Waals surface area contributed by atoms with Gasteiger partial charge in [-0.15, -0.1) is 0 Å². The van der Waals surface area contributed by atoms with E-state index < -0.39 is 6.04 Å². The van der Waals surface area contributed by atoms with Gasteiger partial charge in [-0.05, 0) is 41.8 Å². The predicted molar refractivity (Wildman–Crippen MR) is 128 cm³/mol. The Hall–Kier alpha value is -4.19. The van der Waals surface area contributed by atoms with Crippen molar-refractivity contribution in [3.8, 4) is 5.69 Å². The first-order valence-electron chi connectivity index (χ1n) is 11.0. The first-order chi connectivity index (χ1) is 16.2. The van der Waals surface area contributed by atoms with Gasteiger partial charge in [-0.25, -0.2) is 4.68 Å². The van der Waals surface area contributed by atoms with Crippen LogP contribution in [-0.2, 0) is 11.2 Å². The summed E-state index contributed by atoms with van der Waals surface area (Å²) in [5, 5.41) is 10.4. The van der Waals surface area contributed by atoms with E-state index in [-0.39, 0.29) is 18.2 Å². The molecule has 0 aliphatic rings. The lowest BCUT2D eigenvalue weighted by atomic mass is 10.0. The number of carbonyl (C=O) groups excluding carboxylic acids is 2. The topological polar surface area (TPSA) is 76.0 Å².